The number of ether oxygens (including phenoxy) is 4. The molecule has 0 spiro atoms. The zero-order valence-corrected chi connectivity index (χ0v) is 13.5. The molecule has 0 fully saturated rings. The van der Waals surface area contributed by atoms with E-state index in [-0.39, 0.29) is 5.91 Å². The average molecular weight is 305 g/mol. The van der Waals surface area contributed by atoms with Crippen LogP contribution in [0.15, 0.2) is 0 Å². The minimum atomic E-state index is -0.0102. The van der Waals surface area contributed by atoms with Gasteiger partial charge in [-0.25, -0.2) is 0 Å². The smallest absolute Gasteiger partial charge is 0.222 e. The van der Waals surface area contributed by atoms with Gasteiger partial charge in [-0.15, -0.1) is 0 Å². The maximum atomic E-state index is 11.4. The zero-order chi connectivity index (χ0) is 15.6. The van der Waals surface area contributed by atoms with E-state index in [1.54, 1.807) is 0 Å². The van der Waals surface area contributed by atoms with Gasteiger partial charge in [0.05, 0.1) is 39.6 Å². The van der Waals surface area contributed by atoms with Crippen molar-refractivity contribution < 1.29 is 23.7 Å². The fraction of sp³-hybridized carbons (Fsp3) is 0.933. The highest BCUT2D eigenvalue weighted by Gasteiger charge is 2.00. The predicted molar refractivity (Wildman–Crippen MR) is 81.5 cm³/mol. The van der Waals surface area contributed by atoms with E-state index in [0.717, 1.165) is 26.1 Å². The van der Waals surface area contributed by atoms with Gasteiger partial charge in [-0.2, -0.15) is 0 Å². The van der Waals surface area contributed by atoms with Gasteiger partial charge in [0.15, 0.2) is 0 Å². The molecule has 21 heavy (non-hydrogen) atoms. The van der Waals surface area contributed by atoms with Gasteiger partial charge in [0.1, 0.15) is 0 Å². The van der Waals surface area contributed by atoms with Gasteiger partial charge < -0.3 is 24.3 Å². The van der Waals surface area contributed by atoms with Crippen LogP contribution in [0.4, 0.5) is 0 Å². The normalized spacial score (nSPS) is 10.8. The molecule has 0 unspecified atom stereocenters. The fourth-order valence-electron chi connectivity index (χ4n) is 1.45. The summed E-state index contributed by atoms with van der Waals surface area (Å²) in [7, 11) is 0. The summed E-state index contributed by atoms with van der Waals surface area (Å²) in [5, 5.41) is 2.78. The van der Waals surface area contributed by atoms with E-state index in [1.807, 2.05) is 0 Å². The Kier molecular flexibility index (Phi) is 16.8. The molecule has 0 aliphatic heterocycles. The Balaban J connectivity index is 3.11. The molecular weight excluding hydrogens is 274 g/mol. The number of hydrogen-bond donors (Lipinski definition) is 1. The maximum absolute atomic E-state index is 11.4. The van der Waals surface area contributed by atoms with Crippen molar-refractivity contribution in [3.8, 4) is 0 Å². The van der Waals surface area contributed by atoms with E-state index in [2.05, 4.69) is 19.2 Å². The third kappa shape index (κ3) is 17.3. The van der Waals surface area contributed by atoms with Crippen LogP contribution in [0.1, 0.15) is 33.1 Å². The lowest BCUT2D eigenvalue weighted by atomic mass is 10.4. The van der Waals surface area contributed by atoms with Gasteiger partial charge in [0.2, 0.25) is 5.91 Å². The molecule has 0 saturated heterocycles. The molecule has 0 aromatic heterocycles. The van der Waals surface area contributed by atoms with Crippen molar-refractivity contribution in [1.82, 2.24) is 5.32 Å². The second-order valence-electron chi connectivity index (χ2n) is 4.55. The number of carbonyl (C=O) groups is 1. The standard InChI is InChI=1S/C15H31NO5/c1-3-7-18-10-6-16-15(17)5-9-20-12-14-21-13-11-19-8-4-2/h3-14H2,1-2H3,(H,16,17). The Bertz CT molecular complexity index is 226. The first-order chi connectivity index (χ1) is 10.3. The largest absolute Gasteiger partial charge is 0.380 e. The zero-order valence-electron chi connectivity index (χ0n) is 13.5. The number of hydrogen-bond acceptors (Lipinski definition) is 5. The summed E-state index contributed by atoms with van der Waals surface area (Å²) in [5.74, 6) is -0.0102. The summed E-state index contributed by atoms with van der Waals surface area (Å²) in [6.07, 6.45) is 2.39. The predicted octanol–water partition coefficient (Wildman–Crippen LogP) is 1.38. The first kappa shape index (κ1) is 20.3. The lowest BCUT2D eigenvalue weighted by molar-refractivity contribution is -0.122. The summed E-state index contributed by atoms with van der Waals surface area (Å²) in [5.41, 5.74) is 0. The SMILES string of the molecule is CCCOCCNC(=O)CCOCCOCCOCCC. The first-order valence-electron chi connectivity index (χ1n) is 7.88. The number of nitrogens with one attached hydrogen (secondary N) is 1. The molecule has 1 N–H and O–H groups in total. The Hall–Kier alpha value is -0.690. The van der Waals surface area contributed by atoms with Crippen LogP contribution in [0.2, 0.25) is 0 Å². The molecule has 6 heteroatoms. The van der Waals surface area contributed by atoms with Crippen LogP contribution in [-0.2, 0) is 23.7 Å². The first-order valence-corrected chi connectivity index (χ1v) is 7.88. The van der Waals surface area contributed by atoms with Gasteiger partial charge in [0.25, 0.3) is 0 Å². The van der Waals surface area contributed by atoms with Gasteiger partial charge in [-0.3, -0.25) is 4.79 Å². The van der Waals surface area contributed by atoms with Crippen LogP contribution in [0.25, 0.3) is 0 Å². The maximum Gasteiger partial charge on any atom is 0.222 e. The summed E-state index contributed by atoms with van der Waals surface area (Å²) in [6.45, 7) is 9.41. The second kappa shape index (κ2) is 17.4. The molecule has 0 atom stereocenters. The van der Waals surface area contributed by atoms with Crippen molar-refractivity contribution in [3.63, 3.8) is 0 Å². The summed E-state index contributed by atoms with van der Waals surface area (Å²) < 4.78 is 21.2. The highest BCUT2D eigenvalue weighted by molar-refractivity contribution is 5.75. The Labute approximate surface area is 128 Å². The molecule has 0 bridgehead atoms. The molecule has 0 aromatic rings. The van der Waals surface area contributed by atoms with Crippen molar-refractivity contribution in [2.75, 3.05) is 59.4 Å². The van der Waals surface area contributed by atoms with Crippen molar-refractivity contribution in [2.24, 2.45) is 0 Å². The number of carbonyl (C=O) groups excluding carboxylic acids is 1. The third-order valence-electron chi connectivity index (χ3n) is 2.48. The minimum Gasteiger partial charge on any atom is -0.380 e. The van der Waals surface area contributed by atoms with E-state index < -0.39 is 0 Å². The highest BCUT2D eigenvalue weighted by atomic mass is 16.5. The summed E-state index contributed by atoms with van der Waals surface area (Å²) in [6, 6.07) is 0. The van der Waals surface area contributed by atoms with Crippen LogP contribution in [0.5, 0.6) is 0 Å². The van der Waals surface area contributed by atoms with Crippen LogP contribution >= 0.6 is 0 Å². The molecule has 0 rings (SSSR count). The van der Waals surface area contributed by atoms with Gasteiger partial charge in [-0.05, 0) is 12.8 Å². The molecule has 6 nitrogen and oxygen atoms in total. The summed E-state index contributed by atoms with van der Waals surface area (Å²) >= 11 is 0. The lowest BCUT2D eigenvalue weighted by Crippen LogP contribution is -2.28. The molecule has 0 heterocycles. The van der Waals surface area contributed by atoms with E-state index in [4.69, 9.17) is 18.9 Å². The van der Waals surface area contributed by atoms with Crippen molar-refractivity contribution >= 4 is 5.91 Å². The molecule has 126 valence electrons. The third-order valence-corrected chi connectivity index (χ3v) is 2.48. The Morgan fingerprint density at radius 2 is 1.19 bits per heavy atom. The number of rotatable bonds is 16. The quantitative estimate of drug-likeness (QED) is 0.436. The minimum absolute atomic E-state index is 0.0102. The topological polar surface area (TPSA) is 66.0 Å². The number of amides is 1. The van der Waals surface area contributed by atoms with Crippen molar-refractivity contribution in [1.29, 1.82) is 0 Å². The van der Waals surface area contributed by atoms with Gasteiger partial charge in [-0.1, -0.05) is 13.8 Å². The van der Waals surface area contributed by atoms with Crippen LogP contribution < -0.4 is 5.32 Å². The molecule has 0 aliphatic carbocycles. The van der Waals surface area contributed by atoms with E-state index in [1.165, 1.54) is 0 Å². The van der Waals surface area contributed by atoms with E-state index >= 15 is 0 Å². The molecule has 0 aliphatic rings. The molecule has 0 radical (unpaired) electrons. The van der Waals surface area contributed by atoms with E-state index in [0.29, 0.717) is 52.6 Å². The fourth-order valence-corrected chi connectivity index (χ4v) is 1.45. The summed E-state index contributed by atoms with van der Waals surface area (Å²) in [4.78, 5) is 11.4. The van der Waals surface area contributed by atoms with Crippen molar-refractivity contribution in [3.05, 3.63) is 0 Å². The molecular formula is C15H31NO5. The molecule has 0 saturated carbocycles. The Morgan fingerprint density at radius 1 is 0.714 bits per heavy atom. The van der Waals surface area contributed by atoms with Gasteiger partial charge in [0, 0.05) is 26.2 Å². The Morgan fingerprint density at radius 3 is 1.76 bits per heavy atom. The van der Waals surface area contributed by atoms with Crippen LogP contribution in [-0.4, -0.2) is 65.3 Å². The van der Waals surface area contributed by atoms with Crippen LogP contribution in [0, 0.1) is 0 Å². The average Bonchev–Trinajstić information content (AvgIpc) is 2.49. The van der Waals surface area contributed by atoms with Crippen molar-refractivity contribution in [2.45, 2.75) is 33.1 Å². The van der Waals surface area contributed by atoms with Gasteiger partial charge >= 0.3 is 0 Å². The molecule has 1 amide bonds. The lowest BCUT2D eigenvalue weighted by Gasteiger charge is -2.07. The van der Waals surface area contributed by atoms with E-state index in [9.17, 15) is 4.79 Å². The molecule has 0 aromatic carbocycles. The highest BCUT2D eigenvalue weighted by Crippen LogP contribution is 1.86. The monoisotopic (exact) mass is 305 g/mol. The van der Waals surface area contributed by atoms with Crippen LogP contribution in [0.3, 0.4) is 0 Å². The second-order valence-corrected chi connectivity index (χ2v) is 4.55.